The summed E-state index contributed by atoms with van der Waals surface area (Å²) in [7, 11) is 0. The lowest BCUT2D eigenvalue weighted by Crippen LogP contribution is -2.39. The van der Waals surface area contributed by atoms with E-state index in [9.17, 15) is 9.59 Å². The number of likely N-dealkylation sites (tertiary alicyclic amines) is 1. The molecule has 158 valence electrons. The molecule has 1 heterocycles. The number of ketones is 1. The van der Waals surface area contributed by atoms with E-state index in [4.69, 9.17) is 0 Å². The predicted octanol–water partition coefficient (Wildman–Crippen LogP) is 5.24. The molecule has 0 unspecified atom stereocenters. The summed E-state index contributed by atoms with van der Waals surface area (Å²) in [5.74, 6) is -0.138. The van der Waals surface area contributed by atoms with Crippen LogP contribution in [0.1, 0.15) is 34.3 Å². The second-order valence-corrected chi connectivity index (χ2v) is 8.52. The average Bonchev–Trinajstić information content (AvgIpc) is 3.28. The average molecular weight is 431 g/mol. The van der Waals surface area contributed by atoms with E-state index in [0.717, 1.165) is 25.9 Å². The van der Waals surface area contributed by atoms with Crippen molar-refractivity contribution >= 4 is 29.1 Å². The zero-order valence-corrected chi connectivity index (χ0v) is 18.4. The minimum absolute atomic E-state index is 0.0487. The van der Waals surface area contributed by atoms with Crippen molar-refractivity contribution in [2.24, 2.45) is 0 Å². The Bertz CT molecular complexity index is 1070. The highest BCUT2D eigenvalue weighted by Crippen LogP contribution is 2.27. The molecule has 3 aromatic carbocycles. The number of rotatable bonds is 7. The molecule has 5 heteroatoms. The molecule has 1 aliphatic rings. The van der Waals surface area contributed by atoms with Crippen LogP contribution >= 0.6 is 11.8 Å². The van der Waals surface area contributed by atoms with Crippen molar-refractivity contribution in [1.29, 1.82) is 0 Å². The molecule has 1 atom stereocenters. The zero-order chi connectivity index (χ0) is 21.6. The first-order chi connectivity index (χ1) is 15.2. The smallest absolute Gasteiger partial charge is 0.241 e. The number of hydrogen-bond acceptors (Lipinski definition) is 4. The van der Waals surface area contributed by atoms with Crippen molar-refractivity contribution in [2.75, 3.05) is 18.1 Å². The minimum atomic E-state index is -0.199. The summed E-state index contributed by atoms with van der Waals surface area (Å²) in [5.41, 5.74) is 2.94. The minimum Gasteiger partial charge on any atom is -0.324 e. The van der Waals surface area contributed by atoms with Crippen molar-refractivity contribution < 1.29 is 9.59 Å². The maximum atomic E-state index is 13.2. The number of para-hydroxylation sites is 1. The Kier molecular flexibility index (Phi) is 6.85. The Labute approximate surface area is 187 Å². The maximum Gasteiger partial charge on any atom is 0.241 e. The van der Waals surface area contributed by atoms with Crippen LogP contribution in [0.15, 0.2) is 83.8 Å². The number of benzene rings is 3. The normalized spacial score (nSPS) is 16.2. The van der Waals surface area contributed by atoms with E-state index >= 15 is 0 Å². The van der Waals surface area contributed by atoms with E-state index in [0.29, 0.717) is 16.8 Å². The molecule has 1 saturated heterocycles. The van der Waals surface area contributed by atoms with Gasteiger partial charge in [-0.25, -0.2) is 0 Å². The lowest BCUT2D eigenvalue weighted by atomic mass is 10.0. The van der Waals surface area contributed by atoms with Crippen LogP contribution < -0.4 is 5.32 Å². The van der Waals surface area contributed by atoms with Gasteiger partial charge in [-0.15, -0.1) is 11.8 Å². The molecule has 1 amide bonds. The summed E-state index contributed by atoms with van der Waals surface area (Å²) in [5, 5.41) is 3.04. The fraction of sp³-hybridized carbons (Fsp3) is 0.231. The highest BCUT2D eigenvalue weighted by molar-refractivity contribution is 7.98. The van der Waals surface area contributed by atoms with Crippen molar-refractivity contribution in [3.8, 4) is 0 Å². The maximum absolute atomic E-state index is 13.2. The predicted molar refractivity (Wildman–Crippen MR) is 127 cm³/mol. The Morgan fingerprint density at radius 2 is 1.68 bits per heavy atom. The highest BCUT2D eigenvalue weighted by atomic mass is 32.2. The van der Waals surface area contributed by atoms with Gasteiger partial charge in [-0.3, -0.25) is 14.5 Å². The van der Waals surface area contributed by atoms with Crippen LogP contribution in [0.3, 0.4) is 0 Å². The van der Waals surface area contributed by atoms with E-state index in [2.05, 4.69) is 28.6 Å². The quantitative estimate of drug-likeness (QED) is 0.411. The number of thioether (sulfide) groups is 1. The van der Waals surface area contributed by atoms with Gasteiger partial charge in [0.25, 0.3) is 0 Å². The van der Waals surface area contributed by atoms with Gasteiger partial charge in [-0.2, -0.15) is 0 Å². The summed E-state index contributed by atoms with van der Waals surface area (Å²) in [4.78, 5) is 29.7. The molecule has 0 spiro atoms. The number of amides is 1. The van der Waals surface area contributed by atoms with E-state index in [1.165, 1.54) is 10.5 Å². The Morgan fingerprint density at radius 1 is 0.968 bits per heavy atom. The van der Waals surface area contributed by atoms with E-state index in [1.807, 2.05) is 42.5 Å². The molecule has 4 rings (SSSR count). The number of nitrogens with one attached hydrogen (secondary N) is 1. The van der Waals surface area contributed by atoms with Crippen LogP contribution in [0.25, 0.3) is 0 Å². The second kappa shape index (κ2) is 9.94. The van der Waals surface area contributed by atoms with E-state index < -0.39 is 0 Å². The summed E-state index contributed by atoms with van der Waals surface area (Å²) < 4.78 is 0. The number of carbonyl (C=O) groups excluding carboxylic acids is 2. The topological polar surface area (TPSA) is 49.4 Å². The van der Waals surface area contributed by atoms with Crippen LogP contribution in [-0.2, 0) is 11.3 Å². The number of anilines is 1. The van der Waals surface area contributed by atoms with Gasteiger partial charge in [0, 0.05) is 22.6 Å². The fourth-order valence-electron chi connectivity index (χ4n) is 4.12. The molecule has 3 aromatic rings. The van der Waals surface area contributed by atoms with Crippen molar-refractivity contribution in [3.63, 3.8) is 0 Å². The molecule has 1 N–H and O–H groups in total. The SMILES string of the molecule is CSc1ccccc1CN1CCC[C@H]1C(=O)Nc1ccccc1C(=O)c1ccccc1. The summed E-state index contributed by atoms with van der Waals surface area (Å²) in [6.45, 7) is 1.64. The third-order valence-electron chi connectivity index (χ3n) is 5.70. The molecule has 0 aromatic heterocycles. The molecule has 0 saturated carbocycles. The first kappa shape index (κ1) is 21.3. The van der Waals surface area contributed by atoms with Crippen molar-refractivity contribution in [1.82, 2.24) is 4.90 Å². The molecule has 31 heavy (non-hydrogen) atoms. The van der Waals surface area contributed by atoms with Crippen LogP contribution in [0, 0.1) is 0 Å². The van der Waals surface area contributed by atoms with Gasteiger partial charge < -0.3 is 5.32 Å². The largest absolute Gasteiger partial charge is 0.324 e. The molecule has 0 radical (unpaired) electrons. The number of hydrogen-bond donors (Lipinski definition) is 1. The van der Waals surface area contributed by atoms with Gasteiger partial charge in [0.05, 0.1) is 11.7 Å². The Balaban J connectivity index is 1.51. The summed E-state index contributed by atoms with van der Waals surface area (Å²) >= 11 is 1.73. The van der Waals surface area contributed by atoms with Crippen molar-refractivity contribution in [3.05, 3.63) is 95.6 Å². The Morgan fingerprint density at radius 3 is 2.48 bits per heavy atom. The van der Waals surface area contributed by atoms with Gasteiger partial charge in [-0.05, 0) is 49.4 Å². The second-order valence-electron chi connectivity index (χ2n) is 7.67. The van der Waals surface area contributed by atoms with Gasteiger partial charge >= 0.3 is 0 Å². The summed E-state index contributed by atoms with van der Waals surface area (Å²) in [6, 6.07) is 24.6. The third kappa shape index (κ3) is 4.89. The Hall–Kier alpha value is -2.89. The van der Waals surface area contributed by atoms with Crippen LogP contribution in [0.4, 0.5) is 5.69 Å². The van der Waals surface area contributed by atoms with Crippen LogP contribution in [0.5, 0.6) is 0 Å². The molecule has 1 aliphatic heterocycles. The van der Waals surface area contributed by atoms with Gasteiger partial charge in [0.2, 0.25) is 5.91 Å². The lowest BCUT2D eigenvalue weighted by Gasteiger charge is -2.25. The fourth-order valence-corrected chi connectivity index (χ4v) is 4.73. The highest BCUT2D eigenvalue weighted by Gasteiger charge is 2.31. The van der Waals surface area contributed by atoms with E-state index in [1.54, 1.807) is 36.0 Å². The van der Waals surface area contributed by atoms with Crippen molar-refractivity contribution in [2.45, 2.75) is 30.3 Å². The third-order valence-corrected chi connectivity index (χ3v) is 6.54. The monoisotopic (exact) mass is 430 g/mol. The lowest BCUT2D eigenvalue weighted by molar-refractivity contribution is -0.120. The number of nitrogens with zero attached hydrogens (tertiary/aromatic N) is 1. The van der Waals surface area contributed by atoms with Gasteiger partial charge in [0.15, 0.2) is 5.78 Å². The zero-order valence-electron chi connectivity index (χ0n) is 17.6. The first-order valence-electron chi connectivity index (χ1n) is 10.5. The van der Waals surface area contributed by atoms with Crippen LogP contribution in [0.2, 0.25) is 0 Å². The molecule has 0 bridgehead atoms. The van der Waals surface area contributed by atoms with Gasteiger partial charge in [0.1, 0.15) is 0 Å². The molecule has 4 nitrogen and oxygen atoms in total. The first-order valence-corrected chi connectivity index (χ1v) is 11.8. The standard InChI is InChI=1S/C26H26N2O2S/c1-31-24-16-8-5-12-20(24)18-28-17-9-15-23(28)26(30)27-22-14-7-6-13-21(22)25(29)19-10-3-2-4-11-19/h2-8,10-14,16,23H,9,15,17-18H2,1H3,(H,27,30)/t23-/m0/s1. The molecule has 0 aliphatic carbocycles. The molecular weight excluding hydrogens is 404 g/mol. The summed E-state index contributed by atoms with van der Waals surface area (Å²) in [6.07, 6.45) is 3.89. The van der Waals surface area contributed by atoms with Crippen LogP contribution in [-0.4, -0.2) is 35.4 Å². The molecular formula is C26H26N2O2S. The molecule has 1 fully saturated rings. The van der Waals surface area contributed by atoms with Gasteiger partial charge in [-0.1, -0.05) is 60.7 Å². The number of carbonyl (C=O) groups is 2. The van der Waals surface area contributed by atoms with E-state index in [-0.39, 0.29) is 17.7 Å².